The van der Waals surface area contributed by atoms with Crippen LogP contribution < -0.4 is 10.1 Å². The SMILES string of the molecule is O=C(Nc1ccc(-c2cc(Oc3ccccn3)ccc2Cl)cc1)c1c(F)cccc1F. The number of benzene rings is 3. The Hall–Kier alpha value is -3.77. The quantitative estimate of drug-likeness (QED) is 0.377. The summed E-state index contributed by atoms with van der Waals surface area (Å²) >= 11 is 6.35. The van der Waals surface area contributed by atoms with Crippen molar-refractivity contribution in [3.63, 3.8) is 0 Å². The molecule has 31 heavy (non-hydrogen) atoms. The van der Waals surface area contributed by atoms with E-state index in [0.29, 0.717) is 27.9 Å². The summed E-state index contributed by atoms with van der Waals surface area (Å²) in [6.07, 6.45) is 1.63. The Morgan fingerprint density at radius 2 is 1.65 bits per heavy atom. The number of rotatable bonds is 5. The molecule has 0 atom stereocenters. The van der Waals surface area contributed by atoms with Gasteiger partial charge in [-0.1, -0.05) is 35.9 Å². The van der Waals surface area contributed by atoms with Crippen molar-refractivity contribution in [2.45, 2.75) is 0 Å². The van der Waals surface area contributed by atoms with Crippen LogP contribution in [0.1, 0.15) is 10.4 Å². The number of ether oxygens (including phenoxy) is 1. The highest BCUT2D eigenvalue weighted by molar-refractivity contribution is 6.33. The Morgan fingerprint density at radius 1 is 0.903 bits per heavy atom. The first-order valence-corrected chi connectivity index (χ1v) is 9.63. The summed E-state index contributed by atoms with van der Waals surface area (Å²) in [4.78, 5) is 16.4. The lowest BCUT2D eigenvalue weighted by Gasteiger charge is -2.11. The summed E-state index contributed by atoms with van der Waals surface area (Å²) in [7, 11) is 0. The highest BCUT2D eigenvalue weighted by Crippen LogP contribution is 2.33. The molecule has 0 fully saturated rings. The number of nitrogens with one attached hydrogen (secondary N) is 1. The van der Waals surface area contributed by atoms with E-state index < -0.39 is 23.1 Å². The molecule has 0 bridgehead atoms. The molecule has 1 amide bonds. The molecule has 4 nitrogen and oxygen atoms in total. The van der Waals surface area contributed by atoms with Gasteiger partial charge in [-0.05, 0) is 54.1 Å². The fraction of sp³-hybridized carbons (Fsp3) is 0. The van der Waals surface area contributed by atoms with E-state index in [4.69, 9.17) is 16.3 Å². The van der Waals surface area contributed by atoms with Crippen LogP contribution in [-0.2, 0) is 0 Å². The third kappa shape index (κ3) is 4.70. The lowest BCUT2D eigenvalue weighted by Crippen LogP contribution is -2.15. The van der Waals surface area contributed by atoms with E-state index in [1.807, 2.05) is 6.07 Å². The number of amides is 1. The van der Waals surface area contributed by atoms with Crippen molar-refractivity contribution in [1.82, 2.24) is 4.98 Å². The first-order chi connectivity index (χ1) is 15.0. The number of hydrogen-bond acceptors (Lipinski definition) is 3. The van der Waals surface area contributed by atoms with Crippen LogP contribution in [0.3, 0.4) is 0 Å². The van der Waals surface area contributed by atoms with Crippen molar-refractivity contribution in [1.29, 1.82) is 0 Å². The molecule has 3 aromatic carbocycles. The molecule has 154 valence electrons. The maximum Gasteiger partial charge on any atom is 0.261 e. The molecule has 0 aliphatic carbocycles. The van der Waals surface area contributed by atoms with E-state index in [1.165, 1.54) is 6.07 Å². The fourth-order valence-electron chi connectivity index (χ4n) is 2.96. The number of aromatic nitrogens is 1. The van der Waals surface area contributed by atoms with Crippen molar-refractivity contribution in [3.05, 3.63) is 107 Å². The zero-order valence-electron chi connectivity index (χ0n) is 16.0. The van der Waals surface area contributed by atoms with E-state index in [1.54, 1.807) is 60.8 Å². The highest BCUT2D eigenvalue weighted by atomic mass is 35.5. The second-order valence-electron chi connectivity index (χ2n) is 6.54. The summed E-state index contributed by atoms with van der Waals surface area (Å²) in [5, 5.41) is 3.00. The van der Waals surface area contributed by atoms with Crippen LogP contribution in [0.15, 0.2) is 85.1 Å². The van der Waals surface area contributed by atoms with Gasteiger partial charge in [0.2, 0.25) is 5.88 Å². The number of hydrogen-bond donors (Lipinski definition) is 1. The number of carbonyl (C=O) groups is 1. The molecule has 0 radical (unpaired) electrons. The summed E-state index contributed by atoms with van der Waals surface area (Å²) < 4.78 is 33.3. The predicted molar refractivity (Wildman–Crippen MR) is 116 cm³/mol. The molecule has 0 aliphatic heterocycles. The Balaban J connectivity index is 1.54. The smallest absolute Gasteiger partial charge is 0.261 e. The molecular weight excluding hydrogens is 422 g/mol. The third-order valence-electron chi connectivity index (χ3n) is 4.44. The highest BCUT2D eigenvalue weighted by Gasteiger charge is 2.17. The molecule has 0 saturated heterocycles. The van der Waals surface area contributed by atoms with Gasteiger partial charge in [0.05, 0.1) is 0 Å². The Bertz CT molecular complexity index is 1210. The van der Waals surface area contributed by atoms with Gasteiger partial charge in [0.1, 0.15) is 22.9 Å². The number of carbonyl (C=O) groups excluding carboxylic acids is 1. The minimum atomic E-state index is -0.925. The predicted octanol–water partition coefficient (Wildman–Crippen LogP) is 6.72. The summed E-state index contributed by atoms with van der Waals surface area (Å²) in [6.45, 7) is 0. The molecule has 1 aromatic heterocycles. The van der Waals surface area contributed by atoms with Crippen LogP contribution in [0.4, 0.5) is 14.5 Å². The van der Waals surface area contributed by atoms with Gasteiger partial charge in [-0.25, -0.2) is 13.8 Å². The fourth-order valence-corrected chi connectivity index (χ4v) is 3.19. The first-order valence-electron chi connectivity index (χ1n) is 9.25. The molecule has 7 heteroatoms. The standard InChI is InChI=1S/C24H15ClF2N2O2/c25-19-12-11-17(31-22-6-1-2-13-28-22)14-18(19)15-7-9-16(10-8-15)29-24(30)23-20(26)4-3-5-21(23)27/h1-14H,(H,29,30). The molecule has 1 N–H and O–H groups in total. The minimum absolute atomic E-state index is 0.383. The van der Waals surface area contributed by atoms with Crippen molar-refractivity contribution < 1.29 is 18.3 Å². The molecule has 0 aliphatic rings. The molecule has 0 unspecified atom stereocenters. The zero-order valence-corrected chi connectivity index (χ0v) is 16.7. The monoisotopic (exact) mass is 436 g/mol. The van der Waals surface area contributed by atoms with Gasteiger partial charge in [0.25, 0.3) is 5.91 Å². The average Bonchev–Trinajstić information content (AvgIpc) is 2.76. The van der Waals surface area contributed by atoms with Crippen LogP contribution >= 0.6 is 11.6 Å². The Labute approximate surface area is 182 Å². The van der Waals surface area contributed by atoms with Crippen molar-refractivity contribution in [2.24, 2.45) is 0 Å². The average molecular weight is 437 g/mol. The van der Waals surface area contributed by atoms with E-state index in [9.17, 15) is 13.6 Å². The molecule has 0 saturated carbocycles. The molecule has 0 spiro atoms. The maximum absolute atomic E-state index is 13.8. The van der Waals surface area contributed by atoms with E-state index >= 15 is 0 Å². The van der Waals surface area contributed by atoms with Crippen LogP contribution in [0.25, 0.3) is 11.1 Å². The van der Waals surface area contributed by atoms with Gasteiger partial charge in [0, 0.05) is 28.5 Å². The van der Waals surface area contributed by atoms with Crippen LogP contribution in [-0.4, -0.2) is 10.9 Å². The topological polar surface area (TPSA) is 51.2 Å². The van der Waals surface area contributed by atoms with Crippen LogP contribution in [0.5, 0.6) is 11.6 Å². The summed E-state index contributed by atoms with van der Waals surface area (Å²) in [6, 6.07) is 20.5. The first kappa shape index (κ1) is 20.5. The number of nitrogens with zero attached hydrogens (tertiary/aromatic N) is 1. The summed E-state index contributed by atoms with van der Waals surface area (Å²) in [5.41, 5.74) is 1.24. The normalized spacial score (nSPS) is 10.5. The maximum atomic E-state index is 13.8. The van der Waals surface area contributed by atoms with E-state index in [2.05, 4.69) is 10.3 Å². The lowest BCUT2D eigenvalue weighted by molar-refractivity contribution is 0.101. The summed E-state index contributed by atoms with van der Waals surface area (Å²) in [5.74, 6) is -1.71. The van der Waals surface area contributed by atoms with Gasteiger partial charge < -0.3 is 10.1 Å². The minimum Gasteiger partial charge on any atom is -0.439 e. The van der Waals surface area contributed by atoms with Gasteiger partial charge in [-0.15, -0.1) is 0 Å². The molecular formula is C24H15ClF2N2O2. The Kier molecular flexibility index (Phi) is 5.91. The van der Waals surface area contributed by atoms with Gasteiger partial charge in [-0.2, -0.15) is 0 Å². The number of anilines is 1. The van der Waals surface area contributed by atoms with Gasteiger partial charge >= 0.3 is 0 Å². The zero-order chi connectivity index (χ0) is 21.8. The van der Waals surface area contributed by atoms with E-state index in [-0.39, 0.29) is 0 Å². The molecule has 1 heterocycles. The van der Waals surface area contributed by atoms with Gasteiger partial charge in [0.15, 0.2) is 0 Å². The number of halogens is 3. The van der Waals surface area contributed by atoms with Crippen molar-refractivity contribution >= 4 is 23.2 Å². The van der Waals surface area contributed by atoms with E-state index in [0.717, 1.165) is 17.7 Å². The van der Waals surface area contributed by atoms with Crippen LogP contribution in [0, 0.1) is 11.6 Å². The molecule has 4 aromatic rings. The third-order valence-corrected chi connectivity index (χ3v) is 4.77. The largest absolute Gasteiger partial charge is 0.439 e. The van der Waals surface area contributed by atoms with Crippen molar-refractivity contribution in [3.8, 4) is 22.8 Å². The lowest BCUT2D eigenvalue weighted by atomic mass is 10.0. The second kappa shape index (κ2) is 8.93. The van der Waals surface area contributed by atoms with Gasteiger partial charge in [-0.3, -0.25) is 4.79 Å². The van der Waals surface area contributed by atoms with Crippen molar-refractivity contribution in [2.75, 3.05) is 5.32 Å². The number of pyridine rings is 1. The van der Waals surface area contributed by atoms with Crippen LogP contribution in [0.2, 0.25) is 5.02 Å². The Morgan fingerprint density at radius 3 is 2.32 bits per heavy atom. The second-order valence-corrected chi connectivity index (χ2v) is 6.95. The molecule has 4 rings (SSSR count).